The molecule has 2 rings (SSSR count). The summed E-state index contributed by atoms with van der Waals surface area (Å²) in [5, 5.41) is 72.3. The van der Waals surface area contributed by atoms with E-state index in [2.05, 4.69) is 38.2 Å². The second kappa shape index (κ2) is 46.9. The second-order valence-electron chi connectivity index (χ2n) is 21.5. The minimum Gasteiger partial charge on any atom is -0.462 e. The standard InChI is InChI=1S/C60H110O15/c1-3-5-7-9-11-13-15-17-19-21-22-23-24-25-26-27-29-31-33-35-37-39-41-43-52(63)73-48(45-70-51(62)42-40-38-36-34-32-30-28-20-18-16-14-12-10-8-6-4-2)46-71-59-58(69)56(67)54(65)50(75-59)47-72-60-57(68)55(66)53(64)49(44-61)74-60/h20-22,28,48-50,53-61,64-69H,3-19,23-27,29-47H2,1-2H3/b22-21-,28-20-. The van der Waals surface area contributed by atoms with Crippen molar-refractivity contribution in [2.45, 2.75) is 319 Å². The summed E-state index contributed by atoms with van der Waals surface area (Å²) in [5.41, 5.74) is 0. The van der Waals surface area contributed by atoms with Crippen molar-refractivity contribution in [3.8, 4) is 0 Å². The predicted octanol–water partition coefficient (Wildman–Crippen LogP) is 10.7. The molecule has 15 heteroatoms. The minimum atomic E-state index is -1.76. The van der Waals surface area contributed by atoms with Gasteiger partial charge in [-0.1, -0.05) is 199 Å². The van der Waals surface area contributed by atoms with E-state index >= 15 is 0 Å². The van der Waals surface area contributed by atoms with Gasteiger partial charge in [-0.05, 0) is 64.2 Å². The van der Waals surface area contributed by atoms with Gasteiger partial charge in [-0.2, -0.15) is 0 Å². The first-order valence-electron chi connectivity index (χ1n) is 30.4. The maximum Gasteiger partial charge on any atom is 0.306 e. The Kier molecular flexibility index (Phi) is 43.2. The number of aliphatic hydroxyl groups is 7. The topological polar surface area (TPSA) is 231 Å². The highest BCUT2D eigenvalue weighted by molar-refractivity contribution is 5.70. The molecule has 0 aromatic heterocycles. The summed E-state index contributed by atoms with van der Waals surface area (Å²) in [6.07, 6.45) is 34.8. The van der Waals surface area contributed by atoms with E-state index in [0.29, 0.717) is 12.8 Å². The molecule has 0 radical (unpaired) electrons. The Labute approximate surface area is 453 Å². The SMILES string of the molecule is CCCCCCCCC/C=C\CCCCCCCC(=O)OCC(COC1OC(COC2OC(CO)C(O)C(O)C2O)C(O)C(O)C1O)OC(=O)CCCCCCCCCCCCC/C=C\CCCCCCCCCC. The summed E-state index contributed by atoms with van der Waals surface area (Å²) in [7, 11) is 0. The van der Waals surface area contributed by atoms with Crippen LogP contribution in [0.1, 0.15) is 251 Å². The summed E-state index contributed by atoms with van der Waals surface area (Å²) in [5.74, 6) is -0.924. The van der Waals surface area contributed by atoms with Crippen LogP contribution in [-0.4, -0.2) is 142 Å². The fraction of sp³-hybridized carbons (Fsp3) is 0.900. The van der Waals surface area contributed by atoms with Crippen LogP contribution in [0.3, 0.4) is 0 Å². The Hall–Kier alpha value is -2.02. The van der Waals surface area contributed by atoms with Crippen molar-refractivity contribution in [2.24, 2.45) is 0 Å². The van der Waals surface area contributed by atoms with E-state index in [0.717, 1.165) is 57.8 Å². The van der Waals surface area contributed by atoms with Crippen molar-refractivity contribution in [1.29, 1.82) is 0 Å². The smallest absolute Gasteiger partial charge is 0.306 e. The molecule has 2 aliphatic heterocycles. The van der Waals surface area contributed by atoms with Crippen LogP contribution in [0.15, 0.2) is 24.3 Å². The Balaban J connectivity index is 1.73. The van der Waals surface area contributed by atoms with Gasteiger partial charge in [0.25, 0.3) is 0 Å². The lowest BCUT2D eigenvalue weighted by atomic mass is 9.98. The van der Waals surface area contributed by atoms with Crippen molar-refractivity contribution in [3.05, 3.63) is 24.3 Å². The molecule has 0 bridgehead atoms. The molecule has 2 saturated heterocycles. The van der Waals surface area contributed by atoms with Gasteiger partial charge in [0, 0.05) is 12.8 Å². The number of allylic oxidation sites excluding steroid dienone is 4. The van der Waals surface area contributed by atoms with E-state index in [-0.39, 0.29) is 26.1 Å². The van der Waals surface area contributed by atoms with Crippen molar-refractivity contribution >= 4 is 11.9 Å². The number of hydrogen-bond acceptors (Lipinski definition) is 15. The summed E-state index contributed by atoms with van der Waals surface area (Å²) in [4.78, 5) is 25.9. The third-order valence-electron chi connectivity index (χ3n) is 14.7. The first-order chi connectivity index (χ1) is 36.5. The normalized spacial score (nSPS) is 24.6. The molecule has 7 N–H and O–H groups in total. The molecule has 15 nitrogen and oxygen atoms in total. The molecule has 2 aliphatic rings. The van der Waals surface area contributed by atoms with Crippen molar-refractivity contribution in [3.63, 3.8) is 0 Å². The maximum absolute atomic E-state index is 13.1. The summed E-state index contributed by atoms with van der Waals surface area (Å²) >= 11 is 0. The van der Waals surface area contributed by atoms with Crippen LogP contribution >= 0.6 is 0 Å². The molecule has 0 aromatic rings. The molecular formula is C60H110O15. The third-order valence-corrected chi connectivity index (χ3v) is 14.7. The Morgan fingerprint density at radius 2 is 0.760 bits per heavy atom. The molecule has 0 spiro atoms. The Morgan fingerprint density at radius 3 is 1.17 bits per heavy atom. The molecule has 0 amide bonds. The fourth-order valence-corrected chi connectivity index (χ4v) is 9.68. The highest BCUT2D eigenvalue weighted by Gasteiger charge is 2.47. The molecule has 11 unspecified atom stereocenters. The average Bonchev–Trinajstić information content (AvgIpc) is 3.40. The van der Waals surface area contributed by atoms with Crippen LogP contribution in [0.2, 0.25) is 0 Å². The minimum absolute atomic E-state index is 0.165. The number of aliphatic hydroxyl groups excluding tert-OH is 7. The molecule has 2 fully saturated rings. The number of hydrogen-bond donors (Lipinski definition) is 7. The molecule has 0 aliphatic carbocycles. The lowest BCUT2D eigenvalue weighted by molar-refractivity contribution is -0.332. The van der Waals surface area contributed by atoms with E-state index in [9.17, 15) is 45.3 Å². The van der Waals surface area contributed by atoms with Crippen LogP contribution < -0.4 is 0 Å². The van der Waals surface area contributed by atoms with Crippen molar-refractivity contribution in [2.75, 3.05) is 26.4 Å². The van der Waals surface area contributed by atoms with Gasteiger partial charge in [0.2, 0.25) is 0 Å². The van der Waals surface area contributed by atoms with E-state index in [1.165, 1.54) is 154 Å². The van der Waals surface area contributed by atoms with Gasteiger partial charge in [-0.15, -0.1) is 0 Å². The van der Waals surface area contributed by atoms with E-state index in [4.69, 9.17) is 28.4 Å². The zero-order valence-corrected chi connectivity index (χ0v) is 47.0. The van der Waals surface area contributed by atoms with Crippen LogP contribution in [0.5, 0.6) is 0 Å². The molecular weight excluding hydrogens is 961 g/mol. The molecule has 11 atom stereocenters. The highest BCUT2D eigenvalue weighted by atomic mass is 16.7. The number of carbonyl (C=O) groups excluding carboxylic acids is 2. The first kappa shape index (κ1) is 69.1. The van der Waals surface area contributed by atoms with Gasteiger partial charge in [0.1, 0.15) is 55.4 Å². The number of carbonyl (C=O) groups is 2. The summed E-state index contributed by atoms with van der Waals surface area (Å²) < 4.78 is 33.7. The van der Waals surface area contributed by atoms with Crippen LogP contribution in [0, 0.1) is 0 Å². The quantitative estimate of drug-likeness (QED) is 0.0171. The molecule has 0 aromatic carbocycles. The van der Waals surface area contributed by atoms with Gasteiger partial charge in [-0.3, -0.25) is 9.59 Å². The van der Waals surface area contributed by atoms with Crippen LogP contribution in [0.25, 0.3) is 0 Å². The maximum atomic E-state index is 13.1. The van der Waals surface area contributed by atoms with Crippen LogP contribution in [0.4, 0.5) is 0 Å². The van der Waals surface area contributed by atoms with Gasteiger partial charge < -0.3 is 64.2 Å². The Bertz CT molecular complexity index is 1400. The van der Waals surface area contributed by atoms with Crippen LogP contribution in [-0.2, 0) is 38.0 Å². The largest absolute Gasteiger partial charge is 0.462 e. The molecule has 75 heavy (non-hydrogen) atoms. The van der Waals surface area contributed by atoms with Gasteiger partial charge in [0.05, 0.1) is 19.8 Å². The molecule has 0 saturated carbocycles. The monoisotopic (exact) mass is 1070 g/mol. The van der Waals surface area contributed by atoms with Gasteiger partial charge >= 0.3 is 11.9 Å². The number of esters is 2. The molecule has 440 valence electrons. The van der Waals surface area contributed by atoms with Crippen molar-refractivity contribution < 1.29 is 73.8 Å². The van der Waals surface area contributed by atoms with Crippen molar-refractivity contribution in [1.82, 2.24) is 0 Å². The zero-order chi connectivity index (χ0) is 54.6. The van der Waals surface area contributed by atoms with Gasteiger partial charge in [-0.25, -0.2) is 0 Å². The number of rotatable bonds is 49. The van der Waals surface area contributed by atoms with E-state index < -0.39 is 92.7 Å². The zero-order valence-electron chi connectivity index (χ0n) is 47.0. The lowest BCUT2D eigenvalue weighted by Crippen LogP contribution is -2.61. The number of ether oxygens (including phenoxy) is 6. The second-order valence-corrected chi connectivity index (χ2v) is 21.5. The predicted molar refractivity (Wildman–Crippen MR) is 294 cm³/mol. The Morgan fingerprint density at radius 1 is 0.413 bits per heavy atom. The van der Waals surface area contributed by atoms with Gasteiger partial charge in [0.15, 0.2) is 18.7 Å². The van der Waals surface area contributed by atoms with E-state index in [1.54, 1.807) is 0 Å². The summed E-state index contributed by atoms with van der Waals surface area (Å²) in [6.45, 7) is 2.62. The fourth-order valence-electron chi connectivity index (χ4n) is 9.68. The third kappa shape index (κ3) is 33.9. The summed E-state index contributed by atoms with van der Waals surface area (Å²) in [6, 6.07) is 0. The highest BCUT2D eigenvalue weighted by Crippen LogP contribution is 2.27. The molecule has 2 heterocycles. The van der Waals surface area contributed by atoms with E-state index in [1.807, 2.05) is 0 Å². The first-order valence-corrected chi connectivity index (χ1v) is 30.4. The number of unbranched alkanes of at least 4 members (excludes halogenated alkanes) is 31. The average molecular weight is 1070 g/mol. The lowest BCUT2D eigenvalue weighted by Gasteiger charge is -2.42.